The molecule has 0 radical (unpaired) electrons. The average molecular weight is 540 g/mol. The summed E-state index contributed by atoms with van der Waals surface area (Å²) in [4.78, 5) is 22.4. The SMILES string of the molecule is Cn1cc(-c2cc3nc(-c4cncn4C)n(-c4cc(C5CCNCC5)c5c(c4)n(C)c(=O)n5C)c3cc2F)cn1. The summed E-state index contributed by atoms with van der Waals surface area (Å²) in [5.41, 5.74) is 6.88. The quantitative estimate of drug-likeness (QED) is 0.370. The highest BCUT2D eigenvalue weighted by Gasteiger charge is 2.25. The van der Waals surface area contributed by atoms with E-state index in [1.54, 1.807) is 57.9 Å². The number of piperidine rings is 1. The molecule has 0 aliphatic carbocycles. The maximum atomic E-state index is 15.7. The smallest absolute Gasteiger partial charge is 0.328 e. The van der Waals surface area contributed by atoms with E-state index in [1.165, 1.54) is 0 Å². The Labute approximate surface area is 229 Å². The van der Waals surface area contributed by atoms with Crippen LogP contribution in [0.25, 0.3) is 50.4 Å². The summed E-state index contributed by atoms with van der Waals surface area (Å²) in [6.45, 7) is 1.85. The number of aryl methyl sites for hydroxylation is 4. The van der Waals surface area contributed by atoms with Crippen molar-refractivity contribution in [2.75, 3.05) is 13.1 Å². The molecule has 0 spiro atoms. The fourth-order valence-corrected chi connectivity index (χ4v) is 6.13. The van der Waals surface area contributed by atoms with Gasteiger partial charge >= 0.3 is 5.69 Å². The van der Waals surface area contributed by atoms with E-state index in [4.69, 9.17) is 4.98 Å². The van der Waals surface area contributed by atoms with Crippen LogP contribution in [-0.4, -0.2) is 51.1 Å². The predicted octanol–water partition coefficient (Wildman–Crippen LogP) is 3.62. The van der Waals surface area contributed by atoms with Crippen molar-refractivity contribution >= 4 is 22.1 Å². The monoisotopic (exact) mass is 539 g/mol. The van der Waals surface area contributed by atoms with E-state index < -0.39 is 0 Å². The van der Waals surface area contributed by atoms with Crippen LogP contribution in [0.1, 0.15) is 24.3 Å². The first-order valence-corrected chi connectivity index (χ1v) is 13.4. The molecule has 7 rings (SSSR count). The van der Waals surface area contributed by atoms with Crippen LogP contribution in [0.5, 0.6) is 0 Å². The molecule has 2 aromatic carbocycles. The molecule has 10 nitrogen and oxygen atoms in total. The molecule has 1 N–H and O–H groups in total. The van der Waals surface area contributed by atoms with Gasteiger partial charge in [0.1, 0.15) is 11.5 Å². The van der Waals surface area contributed by atoms with E-state index in [9.17, 15) is 4.79 Å². The van der Waals surface area contributed by atoms with Gasteiger partial charge in [0.05, 0.1) is 46.5 Å². The number of fused-ring (bicyclic) bond motifs is 2. The molecule has 1 aliphatic rings. The molecule has 0 bridgehead atoms. The molecule has 1 fully saturated rings. The van der Waals surface area contributed by atoms with Gasteiger partial charge in [-0.05, 0) is 55.6 Å². The maximum Gasteiger partial charge on any atom is 0.328 e. The van der Waals surface area contributed by atoms with Gasteiger partial charge in [-0.15, -0.1) is 0 Å². The zero-order chi connectivity index (χ0) is 27.7. The highest BCUT2D eigenvalue weighted by atomic mass is 19.1. The zero-order valence-electron chi connectivity index (χ0n) is 22.9. The maximum absolute atomic E-state index is 15.7. The summed E-state index contributed by atoms with van der Waals surface area (Å²) in [6, 6.07) is 7.49. The van der Waals surface area contributed by atoms with Crippen LogP contribution in [0.15, 0.2) is 54.0 Å². The molecule has 204 valence electrons. The summed E-state index contributed by atoms with van der Waals surface area (Å²) in [5, 5.41) is 7.66. The third-order valence-electron chi connectivity index (χ3n) is 8.22. The topological polar surface area (TPSA) is 92.4 Å². The summed E-state index contributed by atoms with van der Waals surface area (Å²) in [5.74, 6) is 0.583. The fraction of sp³-hybridized carbons (Fsp3) is 0.310. The number of benzene rings is 2. The lowest BCUT2D eigenvalue weighted by Crippen LogP contribution is -2.27. The Hall–Kier alpha value is -4.51. The third kappa shape index (κ3) is 3.64. The first kappa shape index (κ1) is 24.5. The molecule has 6 aromatic rings. The van der Waals surface area contributed by atoms with E-state index in [2.05, 4.69) is 21.5 Å². The first-order chi connectivity index (χ1) is 19.3. The normalized spacial score (nSPS) is 14.6. The summed E-state index contributed by atoms with van der Waals surface area (Å²) < 4.78 is 24.7. The lowest BCUT2D eigenvalue weighted by Gasteiger charge is -2.25. The Morgan fingerprint density at radius 3 is 2.48 bits per heavy atom. The van der Waals surface area contributed by atoms with Crippen LogP contribution < -0.4 is 11.0 Å². The van der Waals surface area contributed by atoms with Gasteiger partial charge in [-0.25, -0.2) is 19.2 Å². The summed E-state index contributed by atoms with van der Waals surface area (Å²) in [7, 11) is 7.35. The standard InChI is InChI=1S/C29H30FN9O/c1-35-16-32-14-26(35)28-34-23-11-20(18-13-33-36(2)15-18)22(30)12-24(23)39(28)19-9-21(17-5-7-31-8-6-17)27-25(10-19)37(3)29(40)38(27)4/h9-17,31H,5-8H2,1-4H3. The van der Waals surface area contributed by atoms with Gasteiger partial charge in [0.25, 0.3) is 0 Å². The Morgan fingerprint density at radius 1 is 0.975 bits per heavy atom. The van der Waals surface area contributed by atoms with Gasteiger partial charge in [-0.3, -0.25) is 18.4 Å². The van der Waals surface area contributed by atoms with Gasteiger partial charge in [-0.1, -0.05) is 0 Å². The van der Waals surface area contributed by atoms with Gasteiger partial charge in [0.2, 0.25) is 0 Å². The molecule has 0 unspecified atom stereocenters. The van der Waals surface area contributed by atoms with E-state index in [1.807, 2.05) is 36.3 Å². The van der Waals surface area contributed by atoms with Crippen molar-refractivity contribution in [1.29, 1.82) is 0 Å². The number of hydrogen-bond acceptors (Lipinski definition) is 5. The van der Waals surface area contributed by atoms with Gasteiger partial charge in [0, 0.05) is 51.6 Å². The molecule has 1 saturated heterocycles. The lowest BCUT2D eigenvalue weighted by atomic mass is 9.89. The van der Waals surface area contributed by atoms with Crippen LogP contribution in [0.2, 0.25) is 0 Å². The van der Waals surface area contributed by atoms with Crippen molar-refractivity contribution in [3.05, 3.63) is 71.0 Å². The Morgan fingerprint density at radius 2 is 1.77 bits per heavy atom. The van der Waals surface area contributed by atoms with Crippen molar-refractivity contribution < 1.29 is 4.39 Å². The molecule has 11 heteroatoms. The highest BCUT2D eigenvalue weighted by molar-refractivity contribution is 5.89. The minimum atomic E-state index is -0.357. The molecule has 1 aliphatic heterocycles. The second-order valence-corrected chi connectivity index (χ2v) is 10.7. The number of hydrogen-bond donors (Lipinski definition) is 1. The van der Waals surface area contributed by atoms with E-state index >= 15 is 4.39 Å². The highest BCUT2D eigenvalue weighted by Crippen LogP contribution is 2.37. The van der Waals surface area contributed by atoms with Crippen molar-refractivity contribution in [2.45, 2.75) is 18.8 Å². The molecule has 0 saturated carbocycles. The van der Waals surface area contributed by atoms with Crippen molar-refractivity contribution in [2.24, 2.45) is 28.2 Å². The Balaban J connectivity index is 1.55. The summed E-state index contributed by atoms with van der Waals surface area (Å²) >= 11 is 0. The van der Waals surface area contributed by atoms with Crippen molar-refractivity contribution in [3.63, 3.8) is 0 Å². The average Bonchev–Trinajstić information content (AvgIpc) is 3.72. The predicted molar refractivity (Wildman–Crippen MR) is 152 cm³/mol. The van der Waals surface area contributed by atoms with E-state index in [0.29, 0.717) is 33.9 Å². The first-order valence-electron chi connectivity index (χ1n) is 13.4. The number of rotatable bonds is 4. The van der Waals surface area contributed by atoms with Gasteiger partial charge < -0.3 is 9.88 Å². The number of halogens is 1. The lowest BCUT2D eigenvalue weighted by molar-refractivity contribution is 0.461. The third-order valence-corrected chi connectivity index (χ3v) is 8.22. The molecule has 0 amide bonds. The van der Waals surface area contributed by atoms with Crippen LogP contribution in [0.4, 0.5) is 4.39 Å². The molecule has 5 heterocycles. The van der Waals surface area contributed by atoms with Crippen LogP contribution >= 0.6 is 0 Å². The number of imidazole rings is 3. The van der Waals surface area contributed by atoms with Crippen LogP contribution in [-0.2, 0) is 28.2 Å². The zero-order valence-corrected chi connectivity index (χ0v) is 22.9. The van der Waals surface area contributed by atoms with E-state index in [0.717, 1.165) is 53.9 Å². The minimum Gasteiger partial charge on any atom is -0.331 e. The second-order valence-electron chi connectivity index (χ2n) is 10.7. The minimum absolute atomic E-state index is 0.0724. The molecular formula is C29H30FN9O. The van der Waals surface area contributed by atoms with Gasteiger partial charge in [-0.2, -0.15) is 5.10 Å². The molecule has 40 heavy (non-hydrogen) atoms. The van der Waals surface area contributed by atoms with E-state index in [-0.39, 0.29) is 11.5 Å². The number of aromatic nitrogens is 8. The second kappa shape index (κ2) is 9.02. The largest absolute Gasteiger partial charge is 0.331 e. The summed E-state index contributed by atoms with van der Waals surface area (Å²) in [6.07, 6.45) is 8.89. The van der Waals surface area contributed by atoms with Crippen molar-refractivity contribution in [3.8, 4) is 28.3 Å². The van der Waals surface area contributed by atoms with Crippen LogP contribution in [0, 0.1) is 5.82 Å². The molecular weight excluding hydrogens is 509 g/mol. The number of nitrogens with one attached hydrogen (secondary N) is 1. The number of nitrogens with zero attached hydrogens (tertiary/aromatic N) is 8. The fourth-order valence-electron chi connectivity index (χ4n) is 6.13. The van der Waals surface area contributed by atoms with Crippen LogP contribution in [0.3, 0.4) is 0 Å². The Kier molecular flexibility index (Phi) is 5.53. The molecule has 0 atom stereocenters. The van der Waals surface area contributed by atoms with Crippen molar-refractivity contribution in [1.82, 2.24) is 43.3 Å². The van der Waals surface area contributed by atoms with Gasteiger partial charge in [0.15, 0.2) is 5.82 Å². The molecule has 4 aromatic heterocycles. The Bertz CT molecular complexity index is 1980.